The van der Waals surface area contributed by atoms with Crippen molar-refractivity contribution in [3.63, 3.8) is 0 Å². The first-order valence-electron chi connectivity index (χ1n) is 7.68. The fourth-order valence-electron chi connectivity index (χ4n) is 2.56. The largest absolute Gasteiger partial charge is 0.480 e. The predicted octanol–water partition coefficient (Wildman–Crippen LogP) is 0.282. The molecule has 0 bridgehead atoms. The van der Waals surface area contributed by atoms with Gasteiger partial charge in [-0.05, 0) is 25.1 Å². The van der Waals surface area contributed by atoms with Gasteiger partial charge in [0, 0.05) is 30.8 Å². The van der Waals surface area contributed by atoms with E-state index in [2.05, 4.69) is 15.0 Å². The number of carbonyl (C=O) groups excluding carboxylic acids is 1. The summed E-state index contributed by atoms with van der Waals surface area (Å²) in [5, 5.41) is 2.57. The van der Waals surface area contributed by atoms with Crippen molar-refractivity contribution < 1.29 is 22.3 Å². The summed E-state index contributed by atoms with van der Waals surface area (Å²) in [5.74, 6) is -0.349. The van der Waals surface area contributed by atoms with E-state index in [1.165, 1.54) is 25.1 Å². The number of ether oxygens (including phenoxy) is 1. The molecule has 2 aromatic rings. The predicted molar refractivity (Wildman–Crippen MR) is 92.4 cm³/mol. The van der Waals surface area contributed by atoms with Crippen LogP contribution in [0, 0.1) is 12.7 Å². The number of sulfonamides is 1. The van der Waals surface area contributed by atoms with Crippen LogP contribution in [0.1, 0.15) is 11.3 Å². The highest BCUT2D eigenvalue weighted by atomic mass is 32.2. The minimum absolute atomic E-state index is 0.0427. The summed E-state index contributed by atoms with van der Waals surface area (Å²) in [5.41, 5.74) is 0.879. The molecule has 1 amide bonds. The Kier molecular flexibility index (Phi) is 5.12. The van der Waals surface area contributed by atoms with E-state index in [-0.39, 0.29) is 29.4 Å². The van der Waals surface area contributed by atoms with Crippen LogP contribution in [0.2, 0.25) is 0 Å². The monoisotopic (exact) mass is 401 g/mol. The highest BCUT2D eigenvalue weighted by molar-refractivity contribution is 7.91. The van der Waals surface area contributed by atoms with E-state index in [1.54, 1.807) is 0 Å². The summed E-state index contributed by atoms with van der Waals surface area (Å²) in [7, 11) is -3.82. The van der Waals surface area contributed by atoms with Gasteiger partial charge >= 0.3 is 4.87 Å². The second-order valence-corrected chi connectivity index (χ2v) is 8.62. The quantitative estimate of drug-likeness (QED) is 0.601. The molecule has 1 atom stereocenters. The summed E-state index contributed by atoms with van der Waals surface area (Å²) in [4.78, 5) is 25.3. The lowest BCUT2D eigenvalue weighted by Gasteiger charge is -2.11. The highest BCUT2D eigenvalue weighted by Crippen LogP contribution is 2.29. The first-order valence-corrected chi connectivity index (χ1v) is 9.98. The zero-order valence-corrected chi connectivity index (χ0v) is 15.3. The van der Waals surface area contributed by atoms with Crippen LogP contribution in [-0.4, -0.2) is 38.5 Å². The normalized spacial score (nSPS) is 16.2. The molecular weight excluding hydrogens is 385 g/mol. The van der Waals surface area contributed by atoms with Gasteiger partial charge in [0.05, 0.1) is 0 Å². The Hall–Kier alpha value is -2.24. The van der Waals surface area contributed by atoms with Crippen molar-refractivity contribution in [2.24, 2.45) is 0 Å². The molecule has 2 heterocycles. The van der Waals surface area contributed by atoms with Gasteiger partial charge in [0.15, 0.2) is 10.3 Å². The van der Waals surface area contributed by atoms with Gasteiger partial charge in [-0.25, -0.2) is 17.5 Å². The van der Waals surface area contributed by atoms with E-state index in [0.717, 1.165) is 0 Å². The number of fused-ring (bicyclic) bond motifs is 1. The minimum atomic E-state index is -3.82. The molecular formula is C15H16FN3O5S2. The van der Waals surface area contributed by atoms with Crippen LogP contribution in [0.3, 0.4) is 0 Å². The van der Waals surface area contributed by atoms with Crippen molar-refractivity contribution in [1.29, 1.82) is 0 Å². The number of benzene rings is 1. The van der Waals surface area contributed by atoms with Crippen molar-refractivity contribution in [2.75, 3.05) is 13.1 Å². The van der Waals surface area contributed by atoms with Crippen LogP contribution in [0.5, 0.6) is 5.75 Å². The summed E-state index contributed by atoms with van der Waals surface area (Å²) in [6.45, 7) is 1.49. The lowest BCUT2D eigenvalue weighted by molar-refractivity contribution is -0.127. The molecule has 3 N–H and O–H groups in total. The molecule has 11 heteroatoms. The molecule has 1 aliphatic heterocycles. The number of nitrogens with one attached hydrogen (secondary N) is 3. The average Bonchev–Trinajstić information content (AvgIpc) is 3.14. The van der Waals surface area contributed by atoms with Crippen LogP contribution in [0.4, 0.5) is 4.39 Å². The topological polar surface area (TPSA) is 117 Å². The summed E-state index contributed by atoms with van der Waals surface area (Å²) < 4.78 is 45.1. The molecule has 0 fully saturated rings. The number of aromatic amines is 1. The fraction of sp³-hybridized carbons (Fsp3) is 0.333. The third-order valence-corrected chi connectivity index (χ3v) is 6.80. The third kappa shape index (κ3) is 3.94. The molecule has 0 saturated heterocycles. The number of hydrogen-bond acceptors (Lipinski definition) is 6. The fourth-order valence-corrected chi connectivity index (χ4v) is 4.94. The zero-order chi connectivity index (χ0) is 18.9. The van der Waals surface area contributed by atoms with Crippen molar-refractivity contribution in [3.8, 4) is 5.75 Å². The van der Waals surface area contributed by atoms with E-state index < -0.39 is 32.7 Å². The Balaban J connectivity index is 1.49. The molecule has 140 valence electrons. The summed E-state index contributed by atoms with van der Waals surface area (Å²) in [6.07, 6.45) is -0.526. The lowest BCUT2D eigenvalue weighted by atomic mass is 10.1. The van der Waals surface area contributed by atoms with E-state index in [4.69, 9.17) is 4.74 Å². The smallest absolute Gasteiger partial charge is 0.305 e. The van der Waals surface area contributed by atoms with Gasteiger partial charge in [0.2, 0.25) is 0 Å². The SMILES string of the molecule is Cc1[nH]c(=O)sc1S(=O)(=O)NCCNC(=O)C1Cc2cc(F)ccc2O1. The molecule has 8 nitrogen and oxygen atoms in total. The summed E-state index contributed by atoms with van der Waals surface area (Å²) in [6, 6.07) is 4.04. The molecule has 1 aromatic carbocycles. The van der Waals surface area contributed by atoms with Crippen molar-refractivity contribution in [2.45, 2.75) is 23.7 Å². The van der Waals surface area contributed by atoms with Crippen LogP contribution in [0.15, 0.2) is 27.2 Å². The number of hydrogen-bond donors (Lipinski definition) is 3. The van der Waals surface area contributed by atoms with Crippen molar-refractivity contribution in [3.05, 3.63) is 44.9 Å². The second-order valence-electron chi connectivity index (χ2n) is 5.68. The number of amides is 1. The Morgan fingerprint density at radius 1 is 1.42 bits per heavy atom. The van der Waals surface area contributed by atoms with E-state index in [0.29, 0.717) is 22.6 Å². The van der Waals surface area contributed by atoms with Crippen LogP contribution >= 0.6 is 11.3 Å². The average molecular weight is 401 g/mol. The van der Waals surface area contributed by atoms with Gasteiger partial charge in [-0.15, -0.1) is 0 Å². The highest BCUT2D eigenvalue weighted by Gasteiger charge is 2.29. The maximum absolute atomic E-state index is 13.2. The molecule has 0 radical (unpaired) electrons. The van der Waals surface area contributed by atoms with Gasteiger partial charge in [0.25, 0.3) is 15.9 Å². The van der Waals surface area contributed by atoms with Crippen LogP contribution in [0.25, 0.3) is 0 Å². The Bertz CT molecular complexity index is 999. The Morgan fingerprint density at radius 3 is 2.88 bits per heavy atom. The molecule has 0 spiro atoms. The molecule has 26 heavy (non-hydrogen) atoms. The molecule has 3 rings (SSSR count). The zero-order valence-electron chi connectivity index (χ0n) is 13.7. The Morgan fingerprint density at radius 2 is 2.19 bits per heavy atom. The number of rotatable bonds is 6. The van der Waals surface area contributed by atoms with Gasteiger partial charge in [-0.2, -0.15) is 0 Å². The number of thiazole rings is 1. The summed E-state index contributed by atoms with van der Waals surface area (Å²) >= 11 is 0.601. The number of aryl methyl sites for hydroxylation is 1. The Labute approximate surface area is 152 Å². The maximum atomic E-state index is 13.2. The maximum Gasteiger partial charge on any atom is 0.305 e. The van der Waals surface area contributed by atoms with Gasteiger partial charge < -0.3 is 15.0 Å². The minimum Gasteiger partial charge on any atom is -0.480 e. The van der Waals surface area contributed by atoms with E-state index in [1.807, 2.05) is 0 Å². The molecule has 0 saturated carbocycles. The lowest BCUT2D eigenvalue weighted by Crippen LogP contribution is -2.41. The molecule has 1 aliphatic rings. The molecule has 1 unspecified atom stereocenters. The van der Waals surface area contributed by atoms with Gasteiger partial charge in [0.1, 0.15) is 11.6 Å². The molecule has 0 aliphatic carbocycles. The third-order valence-electron chi connectivity index (χ3n) is 3.73. The van der Waals surface area contributed by atoms with E-state index in [9.17, 15) is 22.4 Å². The standard InChI is InChI=1S/C15H16FN3O5S2/c1-8-14(25-15(21)19-8)26(22,23)18-5-4-17-13(20)12-7-9-6-10(16)2-3-11(9)24-12/h2-3,6,12,18H,4-5,7H2,1H3,(H,17,20)(H,19,21). The number of H-pyrrole nitrogens is 1. The van der Waals surface area contributed by atoms with Gasteiger partial charge in [-0.3, -0.25) is 9.59 Å². The van der Waals surface area contributed by atoms with Crippen LogP contribution in [-0.2, 0) is 21.2 Å². The number of carbonyl (C=O) groups is 1. The first kappa shape index (κ1) is 18.5. The van der Waals surface area contributed by atoms with Crippen molar-refractivity contribution >= 4 is 27.3 Å². The molecule has 1 aromatic heterocycles. The second kappa shape index (κ2) is 7.17. The number of aromatic nitrogens is 1. The van der Waals surface area contributed by atoms with E-state index >= 15 is 0 Å². The van der Waals surface area contributed by atoms with Gasteiger partial charge in [-0.1, -0.05) is 11.3 Å². The first-order chi connectivity index (χ1) is 12.3. The van der Waals surface area contributed by atoms with Crippen molar-refractivity contribution in [1.82, 2.24) is 15.0 Å². The number of halogens is 1. The van der Waals surface area contributed by atoms with Crippen LogP contribution < -0.4 is 19.6 Å².